The number of esters is 1. The first-order chi connectivity index (χ1) is 14.0. The number of methoxy groups -OCH3 is 2. The third-order valence-corrected chi connectivity index (χ3v) is 6.89. The number of anilines is 1. The van der Waals surface area contributed by atoms with E-state index in [1.54, 1.807) is 7.11 Å². The first kappa shape index (κ1) is 21.7. The standard InChI is InChI=1S/C21H26N2O4S2/c1-4-10-23-11-9-16-17(12-23)29-20(19(16)21(25)27-3)22-18(24)13-28-15-7-5-14(26-2)6-8-15/h5-8H,4,9-13H2,1-3H3,(H,22,24). The van der Waals surface area contributed by atoms with Crippen molar-refractivity contribution < 1.29 is 19.1 Å². The minimum absolute atomic E-state index is 0.139. The van der Waals surface area contributed by atoms with Crippen LogP contribution < -0.4 is 10.1 Å². The summed E-state index contributed by atoms with van der Waals surface area (Å²) in [4.78, 5) is 29.4. The monoisotopic (exact) mass is 434 g/mol. The number of benzene rings is 1. The Morgan fingerprint density at radius 2 is 2.00 bits per heavy atom. The van der Waals surface area contributed by atoms with Crippen molar-refractivity contribution in [1.29, 1.82) is 0 Å². The summed E-state index contributed by atoms with van der Waals surface area (Å²) in [5, 5.41) is 3.54. The average molecular weight is 435 g/mol. The first-order valence-electron chi connectivity index (χ1n) is 9.57. The van der Waals surface area contributed by atoms with E-state index in [-0.39, 0.29) is 17.6 Å². The number of ether oxygens (including phenoxy) is 2. The van der Waals surface area contributed by atoms with Crippen LogP contribution in [0.25, 0.3) is 0 Å². The first-order valence-corrected chi connectivity index (χ1v) is 11.4. The molecule has 1 aromatic carbocycles. The number of nitrogens with one attached hydrogen (secondary N) is 1. The van der Waals surface area contributed by atoms with Gasteiger partial charge in [-0.3, -0.25) is 9.69 Å². The van der Waals surface area contributed by atoms with Crippen molar-refractivity contribution in [1.82, 2.24) is 4.90 Å². The molecule has 6 nitrogen and oxygen atoms in total. The van der Waals surface area contributed by atoms with Crippen LogP contribution in [-0.4, -0.2) is 49.8 Å². The second-order valence-corrected chi connectivity index (χ2v) is 8.89. The summed E-state index contributed by atoms with van der Waals surface area (Å²) in [6.45, 7) is 4.93. The zero-order valence-electron chi connectivity index (χ0n) is 16.9. The van der Waals surface area contributed by atoms with Gasteiger partial charge >= 0.3 is 5.97 Å². The number of fused-ring (bicyclic) bond motifs is 1. The van der Waals surface area contributed by atoms with E-state index in [0.717, 1.165) is 53.6 Å². The number of thioether (sulfide) groups is 1. The molecule has 1 N–H and O–H groups in total. The molecule has 1 amide bonds. The van der Waals surface area contributed by atoms with Gasteiger partial charge in [-0.05, 0) is 49.2 Å². The van der Waals surface area contributed by atoms with Gasteiger partial charge in [0, 0.05) is 22.9 Å². The van der Waals surface area contributed by atoms with Gasteiger partial charge in [0.15, 0.2) is 0 Å². The lowest BCUT2D eigenvalue weighted by atomic mass is 10.0. The quantitative estimate of drug-likeness (QED) is 0.500. The zero-order chi connectivity index (χ0) is 20.8. The van der Waals surface area contributed by atoms with Gasteiger partial charge in [-0.2, -0.15) is 0 Å². The van der Waals surface area contributed by atoms with Crippen LogP contribution in [0.15, 0.2) is 29.2 Å². The highest BCUT2D eigenvalue weighted by atomic mass is 32.2. The Morgan fingerprint density at radius 3 is 2.66 bits per heavy atom. The number of amides is 1. The van der Waals surface area contributed by atoms with Gasteiger partial charge in [-0.25, -0.2) is 4.79 Å². The molecule has 0 atom stereocenters. The molecule has 0 aliphatic carbocycles. The summed E-state index contributed by atoms with van der Waals surface area (Å²) in [5.41, 5.74) is 1.54. The molecule has 0 spiro atoms. The SMILES string of the molecule is CCCN1CCc2c(sc(NC(=O)CSc3ccc(OC)cc3)c2C(=O)OC)C1. The smallest absolute Gasteiger partial charge is 0.341 e. The summed E-state index contributed by atoms with van der Waals surface area (Å²) < 4.78 is 10.1. The summed E-state index contributed by atoms with van der Waals surface area (Å²) >= 11 is 2.93. The van der Waals surface area contributed by atoms with Gasteiger partial charge in [0.05, 0.1) is 25.5 Å². The molecule has 156 valence electrons. The van der Waals surface area contributed by atoms with E-state index in [9.17, 15) is 9.59 Å². The maximum atomic E-state index is 12.5. The van der Waals surface area contributed by atoms with Crippen molar-refractivity contribution in [2.24, 2.45) is 0 Å². The van der Waals surface area contributed by atoms with Gasteiger partial charge in [0.1, 0.15) is 10.8 Å². The maximum absolute atomic E-state index is 12.5. The largest absolute Gasteiger partial charge is 0.497 e. The highest BCUT2D eigenvalue weighted by Crippen LogP contribution is 2.37. The van der Waals surface area contributed by atoms with Crippen molar-refractivity contribution in [3.63, 3.8) is 0 Å². The minimum Gasteiger partial charge on any atom is -0.497 e. The third-order valence-electron chi connectivity index (χ3n) is 4.75. The molecule has 0 saturated carbocycles. The molecule has 0 unspecified atom stereocenters. The Labute approximate surface area is 179 Å². The number of carbonyl (C=O) groups is 2. The van der Waals surface area contributed by atoms with Crippen molar-refractivity contribution in [2.45, 2.75) is 31.2 Å². The molecule has 0 saturated heterocycles. The molecule has 2 aromatic rings. The highest BCUT2D eigenvalue weighted by Gasteiger charge is 2.29. The highest BCUT2D eigenvalue weighted by molar-refractivity contribution is 8.00. The fraction of sp³-hybridized carbons (Fsp3) is 0.429. The van der Waals surface area contributed by atoms with E-state index in [1.165, 1.54) is 30.2 Å². The molecule has 0 bridgehead atoms. The Hall–Kier alpha value is -2.03. The number of nitrogens with zero attached hydrogens (tertiary/aromatic N) is 1. The predicted octanol–water partition coefficient (Wildman–Crippen LogP) is 4.04. The molecule has 1 aliphatic rings. The molecule has 1 aliphatic heterocycles. The summed E-state index contributed by atoms with van der Waals surface area (Å²) in [6.07, 6.45) is 1.89. The Kier molecular flexibility index (Phi) is 7.57. The molecule has 0 radical (unpaired) electrons. The van der Waals surface area contributed by atoms with Crippen LogP contribution in [0.4, 0.5) is 5.00 Å². The minimum atomic E-state index is -0.385. The van der Waals surface area contributed by atoms with Gasteiger partial charge in [0.2, 0.25) is 5.91 Å². The second kappa shape index (κ2) is 10.1. The average Bonchev–Trinajstić information content (AvgIpc) is 3.09. The van der Waals surface area contributed by atoms with Crippen LogP contribution in [0.5, 0.6) is 5.75 Å². The summed E-state index contributed by atoms with van der Waals surface area (Å²) in [6, 6.07) is 7.57. The summed E-state index contributed by atoms with van der Waals surface area (Å²) in [5.74, 6) is 0.518. The van der Waals surface area contributed by atoms with Crippen molar-refractivity contribution in [3.8, 4) is 5.75 Å². The molecule has 8 heteroatoms. The van der Waals surface area contributed by atoms with E-state index in [1.807, 2.05) is 24.3 Å². The van der Waals surface area contributed by atoms with E-state index < -0.39 is 0 Å². The van der Waals surface area contributed by atoms with Crippen molar-refractivity contribution >= 4 is 40.0 Å². The molecule has 29 heavy (non-hydrogen) atoms. The van der Waals surface area contributed by atoms with Crippen LogP contribution in [0.3, 0.4) is 0 Å². The van der Waals surface area contributed by atoms with E-state index >= 15 is 0 Å². The van der Waals surface area contributed by atoms with Crippen molar-refractivity contribution in [2.75, 3.05) is 38.4 Å². The van der Waals surface area contributed by atoms with Crippen LogP contribution in [0.2, 0.25) is 0 Å². The number of hydrogen-bond acceptors (Lipinski definition) is 7. The number of rotatable bonds is 8. The Bertz CT molecular complexity index is 864. The van der Waals surface area contributed by atoms with E-state index in [4.69, 9.17) is 9.47 Å². The molecular weight excluding hydrogens is 408 g/mol. The van der Waals surface area contributed by atoms with E-state index in [0.29, 0.717) is 10.6 Å². The lowest BCUT2D eigenvalue weighted by Crippen LogP contribution is -2.30. The molecule has 3 rings (SSSR count). The van der Waals surface area contributed by atoms with Crippen molar-refractivity contribution in [3.05, 3.63) is 40.3 Å². The van der Waals surface area contributed by atoms with Crippen LogP contribution in [-0.2, 0) is 22.5 Å². The van der Waals surface area contributed by atoms with Gasteiger partial charge in [0.25, 0.3) is 0 Å². The molecule has 0 fully saturated rings. The zero-order valence-corrected chi connectivity index (χ0v) is 18.6. The van der Waals surface area contributed by atoms with Crippen LogP contribution in [0.1, 0.15) is 34.1 Å². The lowest BCUT2D eigenvalue weighted by molar-refractivity contribution is -0.113. The maximum Gasteiger partial charge on any atom is 0.341 e. The molecule has 1 aromatic heterocycles. The predicted molar refractivity (Wildman–Crippen MR) is 117 cm³/mol. The third kappa shape index (κ3) is 5.32. The lowest BCUT2D eigenvalue weighted by Gasteiger charge is -2.26. The Balaban J connectivity index is 1.70. The topological polar surface area (TPSA) is 67.9 Å². The fourth-order valence-corrected chi connectivity index (χ4v) is 5.35. The summed E-state index contributed by atoms with van der Waals surface area (Å²) in [7, 11) is 3.00. The van der Waals surface area contributed by atoms with Gasteiger partial charge < -0.3 is 14.8 Å². The molecule has 2 heterocycles. The number of carbonyl (C=O) groups excluding carboxylic acids is 2. The molecular formula is C21H26N2O4S2. The van der Waals surface area contributed by atoms with E-state index in [2.05, 4.69) is 17.1 Å². The van der Waals surface area contributed by atoms with Gasteiger partial charge in [-0.15, -0.1) is 23.1 Å². The Morgan fingerprint density at radius 1 is 1.24 bits per heavy atom. The van der Waals surface area contributed by atoms with Crippen LogP contribution >= 0.6 is 23.1 Å². The fourth-order valence-electron chi connectivity index (χ4n) is 3.35. The van der Waals surface area contributed by atoms with Crippen LogP contribution in [0, 0.1) is 0 Å². The second-order valence-electron chi connectivity index (χ2n) is 6.74. The normalized spacial score (nSPS) is 13.6. The van der Waals surface area contributed by atoms with Gasteiger partial charge in [-0.1, -0.05) is 6.92 Å². The number of thiophene rings is 1. The number of hydrogen-bond donors (Lipinski definition) is 1.